The van der Waals surface area contributed by atoms with Crippen molar-refractivity contribution in [2.75, 3.05) is 33.8 Å². The Hall–Kier alpha value is -1.67. The number of nitrogens with one attached hydrogen (secondary N) is 2. The van der Waals surface area contributed by atoms with Crippen LogP contribution >= 0.6 is 11.3 Å². The summed E-state index contributed by atoms with van der Waals surface area (Å²) in [4.78, 5) is 23.7. The molecule has 1 aliphatic rings. The fraction of sp³-hybridized carbons (Fsp3) is 0.706. The third kappa shape index (κ3) is 5.15. The van der Waals surface area contributed by atoms with E-state index < -0.39 is 0 Å². The first kappa shape index (κ1) is 19.7. The topological polar surface area (TPSA) is 78.8 Å². The Bertz CT molecular complexity index is 616. The van der Waals surface area contributed by atoms with E-state index in [2.05, 4.69) is 32.6 Å². The Labute approximate surface area is 153 Å². The molecule has 1 fully saturated rings. The first-order chi connectivity index (χ1) is 12.0. The number of esters is 1. The third-order valence-electron chi connectivity index (χ3n) is 4.40. The second-order valence-electron chi connectivity index (χ2n) is 6.28. The van der Waals surface area contributed by atoms with Gasteiger partial charge in [-0.25, -0.2) is 9.78 Å². The van der Waals surface area contributed by atoms with Gasteiger partial charge in [0.15, 0.2) is 5.96 Å². The van der Waals surface area contributed by atoms with Crippen molar-refractivity contribution in [1.29, 1.82) is 0 Å². The summed E-state index contributed by atoms with van der Waals surface area (Å²) in [6.45, 7) is 8.05. The van der Waals surface area contributed by atoms with Gasteiger partial charge in [-0.3, -0.25) is 4.99 Å². The number of hydrogen-bond donors (Lipinski definition) is 2. The molecule has 1 aliphatic heterocycles. The van der Waals surface area contributed by atoms with Crippen molar-refractivity contribution in [3.63, 3.8) is 0 Å². The summed E-state index contributed by atoms with van der Waals surface area (Å²) < 4.78 is 5.08. The number of carbonyl (C=O) groups is 1. The Morgan fingerprint density at radius 2 is 2.32 bits per heavy atom. The van der Waals surface area contributed by atoms with Crippen molar-refractivity contribution < 1.29 is 9.53 Å². The maximum Gasteiger partial charge on any atom is 0.350 e. The van der Waals surface area contributed by atoms with Crippen molar-refractivity contribution in [2.24, 2.45) is 4.99 Å². The summed E-state index contributed by atoms with van der Waals surface area (Å²) >= 11 is 1.37. The molecule has 0 saturated carbocycles. The van der Waals surface area contributed by atoms with Gasteiger partial charge in [0, 0.05) is 19.6 Å². The highest BCUT2D eigenvalue weighted by molar-refractivity contribution is 7.13. The number of guanidine groups is 1. The second-order valence-corrected chi connectivity index (χ2v) is 7.31. The fourth-order valence-corrected chi connectivity index (χ4v) is 3.86. The van der Waals surface area contributed by atoms with Crippen molar-refractivity contribution in [3.8, 4) is 0 Å². The van der Waals surface area contributed by atoms with Crippen LogP contribution in [-0.4, -0.2) is 61.6 Å². The van der Waals surface area contributed by atoms with E-state index in [1.807, 2.05) is 13.8 Å². The summed E-state index contributed by atoms with van der Waals surface area (Å²) in [5.41, 5.74) is 0.711. The molecular weight excluding hydrogens is 338 g/mol. The van der Waals surface area contributed by atoms with Crippen LogP contribution in [0.4, 0.5) is 0 Å². The van der Waals surface area contributed by atoms with Crippen molar-refractivity contribution in [3.05, 3.63) is 15.6 Å². The lowest BCUT2D eigenvalue weighted by Crippen LogP contribution is -2.44. The number of aromatic nitrogens is 1. The summed E-state index contributed by atoms with van der Waals surface area (Å²) in [5.74, 6) is 0.445. The van der Waals surface area contributed by atoms with Gasteiger partial charge in [0.1, 0.15) is 9.88 Å². The Morgan fingerprint density at radius 3 is 2.92 bits per heavy atom. The average Bonchev–Trinajstić information content (AvgIpc) is 3.17. The molecule has 25 heavy (non-hydrogen) atoms. The lowest BCUT2D eigenvalue weighted by molar-refractivity contribution is 0.0531. The monoisotopic (exact) mass is 367 g/mol. The van der Waals surface area contributed by atoms with Crippen molar-refractivity contribution in [1.82, 2.24) is 20.5 Å². The smallest absolute Gasteiger partial charge is 0.350 e. The summed E-state index contributed by atoms with van der Waals surface area (Å²) in [6, 6.07) is 0.505. The van der Waals surface area contributed by atoms with Gasteiger partial charge in [0.05, 0.1) is 18.3 Å². The van der Waals surface area contributed by atoms with Crippen molar-refractivity contribution in [2.45, 2.75) is 45.7 Å². The predicted molar refractivity (Wildman–Crippen MR) is 101 cm³/mol. The molecule has 0 bridgehead atoms. The SMILES string of the molecule is CCOC(=O)c1sc(C(C)NC(=NC)NCC2CCCN2C)nc1C. The molecule has 1 aromatic rings. The number of aryl methyl sites for hydroxylation is 1. The molecule has 2 N–H and O–H groups in total. The maximum atomic E-state index is 11.9. The van der Waals surface area contributed by atoms with Gasteiger partial charge in [-0.1, -0.05) is 0 Å². The lowest BCUT2D eigenvalue weighted by atomic mass is 10.2. The maximum absolute atomic E-state index is 11.9. The third-order valence-corrected chi connectivity index (χ3v) is 5.72. The van der Waals surface area contributed by atoms with E-state index in [9.17, 15) is 4.79 Å². The van der Waals surface area contributed by atoms with E-state index in [0.717, 1.165) is 24.1 Å². The number of ether oxygens (including phenoxy) is 1. The molecule has 1 aromatic heterocycles. The minimum Gasteiger partial charge on any atom is -0.462 e. The minimum absolute atomic E-state index is 0.0422. The molecular formula is C17H29N5O2S. The fourth-order valence-electron chi connectivity index (χ4n) is 2.90. The highest BCUT2D eigenvalue weighted by atomic mass is 32.1. The molecule has 2 unspecified atom stereocenters. The van der Waals surface area contributed by atoms with Crippen LogP contribution < -0.4 is 10.6 Å². The summed E-state index contributed by atoms with van der Waals surface area (Å²) in [6.07, 6.45) is 2.46. The highest BCUT2D eigenvalue weighted by Crippen LogP contribution is 2.24. The standard InChI is InChI=1S/C17H29N5O2S/c1-6-24-16(23)14-11(2)20-15(25-14)12(3)21-17(18-4)19-10-13-8-7-9-22(13)5/h12-13H,6-10H2,1-5H3,(H2,18,19,21). The van der Waals surface area contributed by atoms with Crippen LogP contribution in [0, 0.1) is 6.92 Å². The quantitative estimate of drug-likeness (QED) is 0.455. The predicted octanol–water partition coefficient (Wildman–Crippen LogP) is 1.95. The zero-order chi connectivity index (χ0) is 18.4. The van der Waals surface area contributed by atoms with Crippen LogP contribution in [0.1, 0.15) is 53.1 Å². The molecule has 8 heteroatoms. The van der Waals surface area contributed by atoms with Gasteiger partial charge >= 0.3 is 5.97 Å². The molecule has 2 heterocycles. The van der Waals surface area contributed by atoms with E-state index in [-0.39, 0.29) is 12.0 Å². The number of likely N-dealkylation sites (N-methyl/N-ethyl adjacent to an activating group) is 1. The van der Waals surface area contributed by atoms with E-state index >= 15 is 0 Å². The van der Waals surface area contributed by atoms with E-state index in [1.54, 1.807) is 14.0 Å². The lowest BCUT2D eigenvalue weighted by Gasteiger charge is -2.22. The number of hydrogen-bond acceptors (Lipinski definition) is 6. The number of carbonyl (C=O) groups excluding carboxylic acids is 1. The van der Waals surface area contributed by atoms with Crippen LogP contribution in [0.3, 0.4) is 0 Å². The zero-order valence-electron chi connectivity index (χ0n) is 15.8. The Morgan fingerprint density at radius 1 is 1.56 bits per heavy atom. The molecule has 0 spiro atoms. The molecule has 2 rings (SSSR count). The van der Waals surface area contributed by atoms with Crippen LogP contribution in [0.25, 0.3) is 0 Å². The molecule has 140 valence electrons. The van der Waals surface area contributed by atoms with Crippen LogP contribution in [0.5, 0.6) is 0 Å². The Kier molecular flexibility index (Phi) is 7.19. The van der Waals surface area contributed by atoms with Gasteiger partial charge < -0.3 is 20.3 Å². The molecule has 0 aliphatic carbocycles. The first-order valence-electron chi connectivity index (χ1n) is 8.78. The van der Waals surface area contributed by atoms with Gasteiger partial charge in [0.25, 0.3) is 0 Å². The van der Waals surface area contributed by atoms with E-state index in [4.69, 9.17) is 4.74 Å². The van der Waals surface area contributed by atoms with Gasteiger partial charge in [-0.15, -0.1) is 11.3 Å². The number of rotatable bonds is 6. The summed E-state index contributed by atoms with van der Waals surface area (Å²) in [5, 5.41) is 7.59. The summed E-state index contributed by atoms with van der Waals surface area (Å²) in [7, 11) is 3.92. The number of likely N-dealkylation sites (tertiary alicyclic amines) is 1. The van der Waals surface area contributed by atoms with Crippen molar-refractivity contribution >= 4 is 23.3 Å². The first-order valence-corrected chi connectivity index (χ1v) is 9.59. The zero-order valence-corrected chi connectivity index (χ0v) is 16.6. The molecule has 2 atom stereocenters. The van der Waals surface area contributed by atoms with Gasteiger partial charge in [0.2, 0.25) is 0 Å². The molecule has 1 saturated heterocycles. The molecule has 0 radical (unpaired) electrons. The number of nitrogens with zero attached hydrogens (tertiary/aromatic N) is 3. The number of aliphatic imine (C=N–C) groups is 1. The largest absolute Gasteiger partial charge is 0.462 e. The average molecular weight is 368 g/mol. The minimum atomic E-state index is -0.303. The Balaban J connectivity index is 1.94. The highest BCUT2D eigenvalue weighted by Gasteiger charge is 2.22. The van der Waals surface area contributed by atoms with E-state index in [0.29, 0.717) is 23.2 Å². The number of thiazole rings is 1. The van der Waals surface area contributed by atoms with Crippen LogP contribution in [0.15, 0.2) is 4.99 Å². The van der Waals surface area contributed by atoms with Gasteiger partial charge in [-0.05, 0) is 47.2 Å². The normalized spacial score (nSPS) is 19.7. The molecule has 0 aromatic carbocycles. The molecule has 7 nitrogen and oxygen atoms in total. The second kappa shape index (κ2) is 9.15. The van der Waals surface area contributed by atoms with Crippen LogP contribution in [0.2, 0.25) is 0 Å². The molecule has 0 amide bonds. The van der Waals surface area contributed by atoms with E-state index in [1.165, 1.54) is 24.2 Å². The van der Waals surface area contributed by atoms with Gasteiger partial charge in [-0.2, -0.15) is 0 Å². The van der Waals surface area contributed by atoms with Crippen LogP contribution in [-0.2, 0) is 4.74 Å².